The van der Waals surface area contributed by atoms with Crippen LogP contribution in [0.25, 0.3) is 11.3 Å². The van der Waals surface area contributed by atoms with Crippen LogP contribution in [0, 0.1) is 6.92 Å². The van der Waals surface area contributed by atoms with Crippen molar-refractivity contribution < 1.29 is 0 Å². The van der Waals surface area contributed by atoms with Gasteiger partial charge in [-0.25, -0.2) is 4.68 Å². The third kappa shape index (κ3) is 5.03. The van der Waals surface area contributed by atoms with E-state index < -0.39 is 0 Å². The molecule has 0 unspecified atom stereocenters. The molecule has 0 spiro atoms. The van der Waals surface area contributed by atoms with Gasteiger partial charge >= 0.3 is 0 Å². The van der Waals surface area contributed by atoms with Gasteiger partial charge in [0.15, 0.2) is 0 Å². The predicted molar refractivity (Wildman–Crippen MR) is 108 cm³/mol. The molecule has 3 nitrogen and oxygen atoms in total. The quantitative estimate of drug-likeness (QED) is 0.545. The van der Waals surface area contributed by atoms with E-state index >= 15 is 0 Å². The molecule has 0 amide bonds. The normalized spacial score (nSPS) is 10.1. The molecule has 2 aromatic carbocycles. The minimum atomic E-state index is -0.0826. The molecule has 0 saturated heterocycles. The summed E-state index contributed by atoms with van der Waals surface area (Å²) in [5.74, 6) is 0. The van der Waals surface area contributed by atoms with Gasteiger partial charge in [-0.2, -0.15) is 5.10 Å². The van der Waals surface area contributed by atoms with Crippen LogP contribution in [0.15, 0.2) is 63.9 Å². The zero-order valence-electron chi connectivity index (χ0n) is 14.5. The van der Waals surface area contributed by atoms with Gasteiger partial charge in [0.25, 0.3) is 5.56 Å². The van der Waals surface area contributed by atoms with Crippen LogP contribution < -0.4 is 5.56 Å². The number of benzene rings is 2. The first kappa shape index (κ1) is 19.4. The SMILES string of the molecule is CC.Cc1cc(-c2ccc(Br)cc2)nn(Cc2ccc(Cl)cc2)c1=O. The van der Waals surface area contributed by atoms with Crippen LogP contribution in [0.2, 0.25) is 5.02 Å². The molecule has 0 radical (unpaired) electrons. The third-order valence-corrected chi connectivity index (χ3v) is 4.32. The molecule has 0 fully saturated rings. The van der Waals surface area contributed by atoms with Crippen molar-refractivity contribution in [2.24, 2.45) is 0 Å². The molecule has 1 aromatic heterocycles. The van der Waals surface area contributed by atoms with Crippen LogP contribution in [0.3, 0.4) is 0 Å². The molecule has 3 rings (SSSR count). The standard InChI is InChI=1S/C18H14BrClN2O.C2H6/c1-12-10-17(14-4-6-15(19)7-5-14)21-22(18(12)23)11-13-2-8-16(20)9-3-13;1-2/h2-10H,11H2,1H3;1-2H3. The number of aromatic nitrogens is 2. The van der Waals surface area contributed by atoms with Crippen molar-refractivity contribution in [3.05, 3.63) is 85.6 Å². The molecule has 0 aliphatic heterocycles. The van der Waals surface area contributed by atoms with Crippen LogP contribution in [-0.4, -0.2) is 9.78 Å². The van der Waals surface area contributed by atoms with Crippen LogP contribution in [0.1, 0.15) is 25.0 Å². The number of aryl methyl sites for hydroxylation is 1. The molecule has 25 heavy (non-hydrogen) atoms. The maximum atomic E-state index is 12.3. The number of hydrogen-bond acceptors (Lipinski definition) is 2. The maximum absolute atomic E-state index is 12.3. The first-order chi connectivity index (χ1) is 12.0. The lowest BCUT2D eigenvalue weighted by atomic mass is 10.1. The Hall–Kier alpha value is -1.91. The van der Waals surface area contributed by atoms with Gasteiger partial charge in [0.2, 0.25) is 0 Å². The summed E-state index contributed by atoms with van der Waals surface area (Å²) in [4.78, 5) is 12.3. The highest BCUT2D eigenvalue weighted by molar-refractivity contribution is 9.10. The van der Waals surface area contributed by atoms with E-state index in [-0.39, 0.29) is 5.56 Å². The smallest absolute Gasteiger partial charge is 0.268 e. The molecule has 0 saturated carbocycles. The van der Waals surface area contributed by atoms with Gasteiger partial charge in [-0.3, -0.25) is 4.79 Å². The molecule has 0 aliphatic carbocycles. The second kappa shape index (κ2) is 8.97. The Balaban J connectivity index is 0.00000109. The van der Waals surface area contributed by atoms with Gasteiger partial charge < -0.3 is 0 Å². The lowest BCUT2D eigenvalue weighted by molar-refractivity contribution is 0.638. The summed E-state index contributed by atoms with van der Waals surface area (Å²) in [5.41, 5.74) is 3.33. The van der Waals surface area contributed by atoms with Crippen molar-refractivity contribution in [2.45, 2.75) is 27.3 Å². The average molecular weight is 420 g/mol. The first-order valence-electron chi connectivity index (χ1n) is 8.12. The summed E-state index contributed by atoms with van der Waals surface area (Å²) in [6, 6.07) is 17.1. The Morgan fingerprint density at radius 2 is 1.64 bits per heavy atom. The third-order valence-electron chi connectivity index (χ3n) is 3.54. The molecule has 1 heterocycles. The van der Waals surface area contributed by atoms with E-state index in [0.717, 1.165) is 21.3 Å². The highest BCUT2D eigenvalue weighted by Crippen LogP contribution is 2.20. The fourth-order valence-electron chi connectivity index (χ4n) is 2.31. The molecule has 0 N–H and O–H groups in total. The molecular weight excluding hydrogens is 400 g/mol. The van der Waals surface area contributed by atoms with Crippen molar-refractivity contribution in [1.82, 2.24) is 9.78 Å². The van der Waals surface area contributed by atoms with E-state index in [1.165, 1.54) is 4.68 Å². The molecule has 130 valence electrons. The monoisotopic (exact) mass is 418 g/mol. The summed E-state index contributed by atoms with van der Waals surface area (Å²) in [6.07, 6.45) is 0. The number of hydrogen-bond donors (Lipinski definition) is 0. The van der Waals surface area contributed by atoms with Gasteiger partial charge in [-0.05, 0) is 42.8 Å². The van der Waals surface area contributed by atoms with E-state index in [1.54, 1.807) is 0 Å². The van der Waals surface area contributed by atoms with Crippen LogP contribution in [0.4, 0.5) is 0 Å². The summed E-state index contributed by atoms with van der Waals surface area (Å²) >= 11 is 9.32. The molecule has 0 atom stereocenters. The summed E-state index contributed by atoms with van der Waals surface area (Å²) < 4.78 is 2.50. The fraction of sp³-hybridized carbons (Fsp3) is 0.200. The first-order valence-corrected chi connectivity index (χ1v) is 9.29. The summed E-state index contributed by atoms with van der Waals surface area (Å²) in [7, 11) is 0. The van der Waals surface area contributed by atoms with E-state index in [2.05, 4.69) is 21.0 Å². The van der Waals surface area contributed by atoms with Gasteiger partial charge in [-0.15, -0.1) is 0 Å². The predicted octanol–water partition coefficient (Wildman–Crippen LogP) is 5.71. The average Bonchev–Trinajstić information content (AvgIpc) is 2.63. The second-order valence-corrected chi connectivity index (χ2v) is 6.66. The van der Waals surface area contributed by atoms with Crippen molar-refractivity contribution >= 4 is 27.5 Å². The second-order valence-electron chi connectivity index (χ2n) is 5.31. The van der Waals surface area contributed by atoms with E-state index in [0.29, 0.717) is 17.1 Å². The van der Waals surface area contributed by atoms with Crippen molar-refractivity contribution in [3.63, 3.8) is 0 Å². The minimum absolute atomic E-state index is 0.0826. The molecule has 0 bridgehead atoms. The highest BCUT2D eigenvalue weighted by Gasteiger charge is 2.08. The van der Waals surface area contributed by atoms with E-state index in [1.807, 2.05) is 75.4 Å². The molecule has 3 aromatic rings. The van der Waals surface area contributed by atoms with Crippen LogP contribution in [0.5, 0.6) is 0 Å². The molecular formula is C20H20BrClN2O. The van der Waals surface area contributed by atoms with E-state index in [9.17, 15) is 4.79 Å². The van der Waals surface area contributed by atoms with Gasteiger partial charge in [-0.1, -0.05) is 65.6 Å². The lowest BCUT2D eigenvalue weighted by Gasteiger charge is -2.09. The van der Waals surface area contributed by atoms with Crippen molar-refractivity contribution in [3.8, 4) is 11.3 Å². The largest absolute Gasteiger partial charge is 0.270 e. The lowest BCUT2D eigenvalue weighted by Crippen LogP contribution is -2.25. The van der Waals surface area contributed by atoms with Gasteiger partial charge in [0.1, 0.15) is 0 Å². The van der Waals surface area contributed by atoms with Gasteiger partial charge in [0.05, 0.1) is 12.2 Å². The zero-order valence-corrected chi connectivity index (χ0v) is 16.8. The fourth-order valence-corrected chi connectivity index (χ4v) is 2.70. The Morgan fingerprint density at radius 1 is 1.04 bits per heavy atom. The summed E-state index contributed by atoms with van der Waals surface area (Å²) in [5, 5.41) is 5.18. The molecule has 0 aliphatic rings. The Kier molecular flexibility index (Phi) is 6.97. The van der Waals surface area contributed by atoms with E-state index in [4.69, 9.17) is 11.6 Å². The molecule has 5 heteroatoms. The Morgan fingerprint density at radius 3 is 2.24 bits per heavy atom. The number of nitrogens with zero attached hydrogens (tertiary/aromatic N) is 2. The van der Waals surface area contributed by atoms with Crippen LogP contribution >= 0.6 is 27.5 Å². The zero-order chi connectivity index (χ0) is 18.4. The van der Waals surface area contributed by atoms with Crippen molar-refractivity contribution in [1.29, 1.82) is 0 Å². The van der Waals surface area contributed by atoms with Crippen molar-refractivity contribution in [2.75, 3.05) is 0 Å². The maximum Gasteiger partial charge on any atom is 0.270 e. The summed E-state index contributed by atoms with van der Waals surface area (Å²) in [6.45, 7) is 6.23. The Labute approximate surface area is 161 Å². The number of rotatable bonds is 3. The minimum Gasteiger partial charge on any atom is -0.268 e. The topological polar surface area (TPSA) is 34.9 Å². The van der Waals surface area contributed by atoms with Gasteiger partial charge in [0, 0.05) is 20.6 Å². The highest BCUT2D eigenvalue weighted by atomic mass is 79.9. The Bertz CT molecular complexity index is 887. The number of halogens is 2. The van der Waals surface area contributed by atoms with Crippen LogP contribution in [-0.2, 0) is 6.54 Å².